The maximum absolute atomic E-state index is 10.9. The lowest BCUT2D eigenvalue weighted by molar-refractivity contribution is -0.138. The van der Waals surface area contributed by atoms with Gasteiger partial charge in [-0.15, -0.1) is 0 Å². The Morgan fingerprint density at radius 2 is 2.00 bits per heavy atom. The summed E-state index contributed by atoms with van der Waals surface area (Å²) in [5.74, 6) is -0.405. The first-order chi connectivity index (χ1) is 8.04. The van der Waals surface area contributed by atoms with E-state index in [9.17, 15) is 4.79 Å². The highest BCUT2D eigenvalue weighted by atomic mass is 32.1. The quantitative estimate of drug-likeness (QED) is 0.762. The Bertz CT molecular complexity index is 387. The molecule has 92 valence electrons. The molecule has 0 unspecified atom stereocenters. The third-order valence-corrected chi connectivity index (χ3v) is 2.79. The van der Waals surface area contributed by atoms with Crippen molar-refractivity contribution in [3.63, 3.8) is 0 Å². The van der Waals surface area contributed by atoms with Crippen molar-refractivity contribution in [3.05, 3.63) is 35.4 Å². The molecule has 0 spiro atoms. The largest absolute Gasteiger partial charge is 0.480 e. The van der Waals surface area contributed by atoms with Crippen molar-refractivity contribution in [1.29, 1.82) is 0 Å². The lowest BCUT2D eigenvalue weighted by atomic mass is 9.99. The topological polar surface area (TPSA) is 49.3 Å². The highest BCUT2D eigenvalue weighted by Gasteiger charge is 2.15. The van der Waals surface area contributed by atoms with Gasteiger partial charge in [-0.3, -0.25) is 0 Å². The van der Waals surface area contributed by atoms with Crippen molar-refractivity contribution in [2.75, 3.05) is 0 Å². The highest BCUT2D eigenvalue weighted by molar-refractivity contribution is 7.78. The molecule has 1 aromatic carbocycles. The zero-order chi connectivity index (χ0) is 12.8. The van der Waals surface area contributed by atoms with Gasteiger partial charge in [0.1, 0.15) is 6.04 Å². The molecule has 17 heavy (non-hydrogen) atoms. The molecular formula is C13H17NO2S. The molecule has 0 fully saturated rings. The number of nitrogens with one attached hydrogen (secondary N) is 1. The van der Waals surface area contributed by atoms with Gasteiger partial charge in [0.2, 0.25) is 0 Å². The fraction of sp³-hybridized carbons (Fsp3) is 0.385. The van der Waals surface area contributed by atoms with Gasteiger partial charge < -0.3 is 10.4 Å². The molecule has 1 atom stereocenters. The van der Waals surface area contributed by atoms with Crippen molar-refractivity contribution >= 4 is 23.7 Å². The summed E-state index contributed by atoms with van der Waals surface area (Å²) in [6.07, 6.45) is 0.431. The summed E-state index contributed by atoms with van der Waals surface area (Å²) in [6.45, 7) is 4.26. The molecule has 0 radical (unpaired) electrons. The standard InChI is InChI=1S/C13H17NO2S/c1-9(2)11-5-3-10(4-6-11)7-12(13(15)16)14-8-17/h3-6,8-9,12H,7H2,1-2H3,(H,14,17)(H,15,16)/t12-/m0/s1. The summed E-state index contributed by atoms with van der Waals surface area (Å²) in [7, 11) is 0. The number of aliphatic carboxylic acids is 1. The van der Waals surface area contributed by atoms with Gasteiger partial charge in [-0.25, -0.2) is 4.79 Å². The van der Waals surface area contributed by atoms with Crippen LogP contribution in [0.4, 0.5) is 0 Å². The van der Waals surface area contributed by atoms with Crippen LogP contribution in [0.2, 0.25) is 0 Å². The van der Waals surface area contributed by atoms with E-state index in [-0.39, 0.29) is 0 Å². The van der Waals surface area contributed by atoms with Crippen LogP contribution in [-0.4, -0.2) is 22.6 Å². The molecule has 0 heterocycles. The molecule has 0 aliphatic rings. The molecule has 1 rings (SSSR count). The smallest absolute Gasteiger partial charge is 0.326 e. The number of hydrogen-bond acceptors (Lipinski definition) is 2. The van der Waals surface area contributed by atoms with Crippen LogP contribution in [0.1, 0.15) is 30.9 Å². The van der Waals surface area contributed by atoms with Crippen LogP contribution in [0.15, 0.2) is 24.3 Å². The van der Waals surface area contributed by atoms with Gasteiger partial charge in [0.05, 0.1) is 5.49 Å². The number of carbonyl (C=O) groups is 1. The van der Waals surface area contributed by atoms with Crippen molar-refractivity contribution in [2.45, 2.75) is 32.2 Å². The van der Waals surface area contributed by atoms with Crippen LogP contribution >= 0.6 is 12.2 Å². The third kappa shape index (κ3) is 4.15. The Morgan fingerprint density at radius 1 is 1.41 bits per heavy atom. The SMILES string of the molecule is CC(C)c1ccc(C[C@H](NC=S)C(=O)O)cc1. The van der Waals surface area contributed by atoms with E-state index in [1.54, 1.807) is 0 Å². The Hall–Kier alpha value is -1.42. The van der Waals surface area contributed by atoms with Gasteiger partial charge in [-0.05, 0) is 17.0 Å². The minimum absolute atomic E-state index is 0.431. The van der Waals surface area contributed by atoms with E-state index in [4.69, 9.17) is 5.11 Å². The van der Waals surface area contributed by atoms with Crippen LogP contribution in [0.3, 0.4) is 0 Å². The van der Waals surface area contributed by atoms with E-state index in [1.807, 2.05) is 24.3 Å². The normalized spacial score (nSPS) is 12.2. The summed E-state index contributed by atoms with van der Waals surface area (Å²) in [6, 6.07) is 7.36. The summed E-state index contributed by atoms with van der Waals surface area (Å²) in [5.41, 5.74) is 3.50. The van der Waals surface area contributed by atoms with Gasteiger partial charge in [-0.2, -0.15) is 0 Å². The molecule has 0 aliphatic heterocycles. The van der Waals surface area contributed by atoms with E-state index in [0.717, 1.165) is 5.56 Å². The average molecular weight is 251 g/mol. The van der Waals surface area contributed by atoms with Crippen LogP contribution in [0.25, 0.3) is 0 Å². The molecule has 0 bridgehead atoms. The highest BCUT2D eigenvalue weighted by Crippen LogP contribution is 2.15. The van der Waals surface area contributed by atoms with Gasteiger partial charge in [-0.1, -0.05) is 50.3 Å². The Kier molecular flexibility index (Phi) is 5.10. The minimum Gasteiger partial charge on any atom is -0.480 e. The van der Waals surface area contributed by atoms with Crippen LogP contribution in [0.5, 0.6) is 0 Å². The molecule has 1 aromatic rings. The van der Waals surface area contributed by atoms with E-state index in [0.29, 0.717) is 12.3 Å². The number of carboxylic acid groups (broad SMARTS) is 1. The third-order valence-electron chi connectivity index (χ3n) is 2.65. The number of hydrogen-bond donors (Lipinski definition) is 2. The number of thiocarbonyl (C=S) groups is 1. The second-order valence-electron chi connectivity index (χ2n) is 4.28. The van der Waals surface area contributed by atoms with Gasteiger partial charge >= 0.3 is 5.97 Å². The second-order valence-corrected chi connectivity index (χ2v) is 4.51. The Labute approximate surface area is 107 Å². The molecule has 0 saturated heterocycles. The minimum atomic E-state index is -0.890. The monoisotopic (exact) mass is 251 g/mol. The first kappa shape index (κ1) is 13.6. The number of rotatable bonds is 6. The van der Waals surface area contributed by atoms with Crippen LogP contribution < -0.4 is 5.32 Å². The first-order valence-electron chi connectivity index (χ1n) is 5.56. The van der Waals surface area contributed by atoms with Crippen molar-refractivity contribution < 1.29 is 9.90 Å². The van der Waals surface area contributed by atoms with Gasteiger partial charge in [0.25, 0.3) is 0 Å². The van der Waals surface area contributed by atoms with Crippen LogP contribution in [0, 0.1) is 0 Å². The molecule has 4 heteroatoms. The first-order valence-corrected chi connectivity index (χ1v) is 6.03. The molecule has 2 N–H and O–H groups in total. The van der Waals surface area contributed by atoms with E-state index in [2.05, 4.69) is 31.4 Å². The fourth-order valence-corrected chi connectivity index (χ4v) is 1.74. The van der Waals surface area contributed by atoms with Crippen molar-refractivity contribution in [1.82, 2.24) is 5.32 Å². The Morgan fingerprint density at radius 3 is 2.41 bits per heavy atom. The Balaban J connectivity index is 2.73. The number of benzene rings is 1. The van der Waals surface area contributed by atoms with E-state index in [1.165, 1.54) is 11.1 Å². The molecule has 3 nitrogen and oxygen atoms in total. The maximum atomic E-state index is 10.9. The molecule has 0 saturated carbocycles. The van der Waals surface area contributed by atoms with E-state index < -0.39 is 12.0 Å². The lowest BCUT2D eigenvalue weighted by Crippen LogP contribution is -2.37. The van der Waals surface area contributed by atoms with E-state index >= 15 is 0 Å². The predicted octanol–water partition coefficient (Wildman–Crippen LogP) is 2.35. The summed E-state index contributed by atoms with van der Waals surface area (Å²) < 4.78 is 0. The van der Waals surface area contributed by atoms with Crippen LogP contribution in [-0.2, 0) is 11.2 Å². The van der Waals surface area contributed by atoms with Gasteiger partial charge in [0.15, 0.2) is 0 Å². The number of carboxylic acids is 1. The molecule has 0 amide bonds. The molecule has 0 aromatic heterocycles. The second kappa shape index (κ2) is 6.35. The summed E-state index contributed by atoms with van der Waals surface area (Å²) >= 11 is 4.62. The lowest BCUT2D eigenvalue weighted by Gasteiger charge is -2.12. The molecular weight excluding hydrogens is 234 g/mol. The van der Waals surface area contributed by atoms with Gasteiger partial charge in [0, 0.05) is 6.42 Å². The zero-order valence-corrected chi connectivity index (χ0v) is 10.8. The zero-order valence-electron chi connectivity index (χ0n) is 10.0. The molecule has 0 aliphatic carbocycles. The summed E-state index contributed by atoms with van der Waals surface area (Å²) in [4.78, 5) is 10.9. The van der Waals surface area contributed by atoms with Crippen molar-refractivity contribution in [3.8, 4) is 0 Å². The maximum Gasteiger partial charge on any atom is 0.326 e. The summed E-state index contributed by atoms with van der Waals surface area (Å²) in [5, 5.41) is 11.6. The predicted molar refractivity (Wildman–Crippen MR) is 72.4 cm³/mol. The fourth-order valence-electron chi connectivity index (χ4n) is 1.57. The van der Waals surface area contributed by atoms with Crippen molar-refractivity contribution in [2.24, 2.45) is 0 Å². The average Bonchev–Trinajstić information content (AvgIpc) is 2.29.